The Bertz CT molecular complexity index is 425. The number of aliphatic carboxylic acids is 1. The fourth-order valence-electron chi connectivity index (χ4n) is 2.32. The van der Waals surface area contributed by atoms with Crippen LogP contribution in [0.4, 0.5) is 4.79 Å². The summed E-state index contributed by atoms with van der Waals surface area (Å²) in [4.78, 5) is 24.6. The van der Waals surface area contributed by atoms with Crippen molar-refractivity contribution in [1.29, 1.82) is 5.26 Å². The molecule has 0 aromatic heterocycles. The minimum atomic E-state index is -1.10. The number of carbonyl (C=O) groups excluding carboxylic acids is 1. The monoisotopic (exact) mass is 282 g/mol. The Balaban J connectivity index is 2.66. The van der Waals surface area contributed by atoms with Crippen molar-refractivity contribution in [2.75, 3.05) is 13.1 Å². The van der Waals surface area contributed by atoms with Crippen LogP contribution in [0.1, 0.15) is 40.5 Å². The van der Waals surface area contributed by atoms with E-state index in [9.17, 15) is 9.59 Å². The number of rotatable bonds is 2. The molecule has 112 valence electrons. The zero-order chi connectivity index (χ0) is 15.6. The second kappa shape index (κ2) is 5.70. The summed E-state index contributed by atoms with van der Waals surface area (Å²) >= 11 is 0. The predicted octanol–water partition coefficient (Wildman–Crippen LogP) is 2.25. The second-order valence-electron chi connectivity index (χ2n) is 6.52. The van der Waals surface area contributed by atoms with Crippen molar-refractivity contribution in [2.24, 2.45) is 11.3 Å². The molecular formula is C14H22N2O4. The van der Waals surface area contributed by atoms with E-state index in [4.69, 9.17) is 15.1 Å². The molecule has 20 heavy (non-hydrogen) atoms. The molecule has 1 unspecified atom stereocenters. The van der Waals surface area contributed by atoms with E-state index in [1.807, 2.05) is 6.07 Å². The van der Waals surface area contributed by atoms with Crippen LogP contribution >= 0.6 is 0 Å². The highest BCUT2D eigenvalue weighted by Gasteiger charge is 2.43. The molecule has 1 heterocycles. The number of amides is 1. The summed E-state index contributed by atoms with van der Waals surface area (Å²) in [6.45, 7) is 8.02. The number of hydrogen-bond donors (Lipinski definition) is 1. The maximum atomic E-state index is 11.9. The molecule has 1 amide bonds. The average Bonchev–Trinajstić information content (AvgIpc) is 2.27. The van der Waals surface area contributed by atoms with Gasteiger partial charge in [0.15, 0.2) is 0 Å². The summed E-state index contributed by atoms with van der Waals surface area (Å²) < 4.78 is 5.29. The fourth-order valence-corrected chi connectivity index (χ4v) is 2.32. The number of piperidine rings is 1. The van der Waals surface area contributed by atoms with Crippen molar-refractivity contribution < 1.29 is 19.4 Å². The zero-order valence-electron chi connectivity index (χ0n) is 12.5. The molecule has 1 rings (SSSR count). The van der Waals surface area contributed by atoms with Crippen molar-refractivity contribution in [3.63, 3.8) is 0 Å². The standard InChI is InChI=1S/C14H22N2O4/c1-13(2,3)20-12(19)16-7-5-14(4,6-8-16)10(9-15)11(17)18/h10H,5-8H2,1-4H3,(H,17,18). The van der Waals surface area contributed by atoms with Crippen molar-refractivity contribution in [1.82, 2.24) is 4.90 Å². The third-order valence-corrected chi connectivity index (χ3v) is 3.63. The molecule has 1 fully saturated rings. The van der Waals surface area contributed by atoms with Crippen molar-refractivity contribution in [2.45, 2.75) is 46.1 Å². The van der Waals surface area contributed by atoms with Gasteiger partial charge in [-0.05, 0) is 39.0 Å². The maximum absolute atomic E-state index is 11.9. The quantitative estimate of drug-likeness (QED) is 0.838. The number of carboxylic acid groups (broad SMARTS) is 1. The largest absolute Gasteiger partial charge is 0.480 e. The number of hydrogen-bond acceptors (Lipinski definition) is 4. The summed E-state index contributed by atoms with van der Waals surface area (Å²) in [5.41, 5.74) is -1.15. The van der Waals surface area contributed by atoms with E-state index >= 15 is 0 Å². The molecular weight excluding hydrogens is 260 g/mol. The fraction of sp³-hybridized carbons (Fsp3) is 0.786. The van der Waals surface area contributed by atoms with E-state index in [-0.39, 0.29) is 6.09 Å². The van der Waals surface area contributed by atoms with Crippen molar-refractivity contribution in [3.05, 3.63) is 0 Å². The number of nitrogens with zero attached hydrogens (tertiary/aromatic N) is 2. The Morgan fingerprint density at radius 3 is 2.20 bits per heavy atom. The van der Waals surface area contributed by atoms with Gasteiger partial charge in [-0.25, -0.2) is 4.79 Å². The van der Waals surface area contributed by atoms with Crippen LogP contribution in [-0.4, -0.2) is 40.8 Å². The Morgan fingerprint density at radius 1 is 1.35 bits per heavy atom. The molecule has 6 heteroatoms. The highest BCUT2D eigenvalue weighted by Crippen LogP contribution is 2.38. The zero-order valence-corrected chi connectivity index (χ0v) is 12.5. The predicted molar refractivity (Wildman–Crippen MR) is 71.9 cm³/mol. The molecule has 0 aromatic rings. The van der Waals surface area contributed by atoms with Crippen LogP contribution in [0.2, 0.25) is 0 Å². The summed E-state index contributed by atoms with van der Waals surface area (Å²) in [5, 5.41) is 18.1. The highest BCUT2D eigenvalue weighted by atomic mass is 16.6. The van der Waals surface area contributed by atoms with E-state index in [0.29, 0.717) is 25.9 Å². The Labute approximate surface area is 119 Å². The Morgan fingerprint density at radius 2 is 1.85 bits per heavy atom. The molecule has 1 saturated heterocycles. The second-order valence-corrected chi connectivity index (χ2v) is 6.52. The van der Waals surface area contributed by atoms with Gasteiger partial charge < -0.3 is 14.7 Å². The number of likely N-dealkylation sites (tertiary alicyclic amines) is 1. The summed E-state index contributed by atoms with van der Waals surface area (Å²) in [7, 11) is 0. The number of carbonyl (C=O) groups is 2. The van der Waals surface area contributed by atoms with E-state index in [1.54, 1.807) is 32.6 Å². The van der Waals surface area contributed by atoms with Crippen LogP contribution in [0, 0.1) is 22.7 Å². The molecule has 0 aromatic carbocycles. The third-order valence-electron chi connectivity index (χ3n) is 3.63. The van der Waals surface area contributed by atoms with Gasteiger partial charge in [0.1, 0.15) is 11.5 Å². The van der Waals surface area contributed by atoms with Gasteiger partial charge in [0.2, 0.25) is 0 Å². The lowest BCUT2D eigenvalue weighted by Gasteiger charge is -2.40. The van der Waals surface area contributed by atoms with Crippen LogP contribution in [0.25, 0.3) is 0 Å². The lowest BCUT2D eigenvalue weighted by molar-refractivity contribution is -0.144. The lowest BCUT2D eigenvalue weighted by atomic mass is 9.71. The molecule has 6 nitrogen and oxygen atoms in total. The van der Waals surface area contributed by atoms with E-state index in [0.717, 1.165) is 0 Å². The van der Waals surface area contributed by atoms with E-state index in [2.05, 4.69) is 0 Å². The molecule has 0 aliphatic carbocycles. The van der Waals surface area contributed by atoms with Gasteiger partial charge in [0.05, 0.1) is 6.07 Å². The summed E-state index contributed by atoms with van der Waals surface area (Å²) in [5.74, 6) is -2.14. The molecule has 1 aliphatic heterocycles. The molecule has 1 atom stereocenters. The van der Waals surface area contributed by atoms with Gasteiger partial charge in [0.25, 0.3) is 0 Å². The number of carboxylic acids is 1. The lowest BCUT2D eigenvalue weighted by Crippen LogP contribution is -2.47. The van der Waals surface area contributed by atoms with Crippen LogP contribution in [0.15, 0.2) is 0 Å². The minimum Gasteiger partial charge on any atom is -0.480 e. The van der Waals surface area contributed by atoms with Crippen molar-refractivity contribution in [3.8, 4) is 6.07 Å². The molecule has 1 N–H and O–H groups in total. The Hall–Kier alpha value is -1.77. The molecule has 1 aliphatic rings. The van der Waals surface area contributed by atoms with Gasteiger partial charge in [-0.15, -0.1) is 0 Å². The van der Waals surface area contributed by atoms with Crippen molar-refractivity contribution >= 4 is 12.1 Å². The smallest absolute Gasteiger partial charge is 0.410 e. The Kier molecular flexibility index (Phi) is 4.64. The summed E-state index contributed by atoms with van der Waals surface area (Å²) in [6.07, 6.45) is 0.580. The van der Waals surface area contributed by atoms with E-state index in [1.165, 1.54) is 0 Å². The highest BCUT2D eigenvalue weighted by molar-refractivity contribution is 5.74. The van der Waals surface area contributed by atoms with Crippen LogP contribution in [0.5, 0.6) is 0 Å². The number of ether oxygens (including phenoxy) is 1. The SMILES string of the molecule is CC(C)(C)OC(=O)N1CCC(C)(C(C#N)C(=O)O)CC1. The van der Waals surface area contributed by atoms with Gasteiger partial charge in [-0.3, -0.25) is 4.79 Å². The topological polar surface area (TPSA) is 90.6 Å². The van der Waals surface area contributed by atoms with Crippen LogP contribution < -0.4 is 0 Å². The van der Waals surface area contributed by atoms with Crippen LogP contribution in [-0.2, 0) is 9.53 Å². The first-order valence-corrected chi connectivity index (χ1v) is 6.69. The molecule has 0 radical (unpaired) electrons. The average molecular weight is 282 g/mol. The molecule has 0 saturated carbocycles. The van der Waals surface area contributed by atoms with Gasteiger partial charge in [-0.2, -0.15) is 5.26 Å². The molecule has 0 bridgehead atoms. The molecule has 0 spiro atoms. The van der Waals surface area contributed by atoms with E-state index < -0.39 is 22.9 Å². The third kappa shape index (κ3) is 3.86. The maximum Gasteiger partial charge on any atom is 0.410 e. The first-order valence-electron chi connectivity index (χ1n) is 6.69. The van der Waals surface area contributed by atoms with Gasteiger partial charge >= 0.3 is 12.1 Å². The first-order chi connectivity index (χ1) is 9.09. The number of nitriles is 1. The summed E-state index contributed by atoms with van der Waals surface area (Å²) in [6, 6.07) is 1.86. The minimum absolute atomic E-state index is 0.386. The first kappa shape index (κ1) is 16.3. The van der Waals surface area contributed by atoms with Gasteiger partial charge in [0, 0.05) is 13.1 Å². The van der Waals surface area contributed by atoms with Crippen LogP contribution in [0.3, 0.4) is 0 Å². The van der Waals surface area contributed by atoms with Gasteiger partial charge in [-0.1, -0.05) is 6.92 Å². The normalized spacial score (nSPS) is 19.9.